The quantitative estimate of drug-likeness (QED) is 0.637. The lowest BCUT2D eigenvalue weighted by Crippen LogP contribution is -2.48. The molecule has 0 bridgehead atoms. The minimum Gasteiger partial charge on any atom is -0.397 e. The number of aliphatic hydroxyl groups excluding tert-OH is 1. The average Bonchev–Trinajstić information content (AvgIpc) is 2.14. The van der Waals surface area contributed by atoms with Gasteiger partial charge in [0.15, 0.2) is 0 Å². The Hall–Kier alpha value is -1.22. The number of benzene rings is 1. The van der Waals surface area contributed by atoms with Crippen molar-refractivity contribution in [3.05, 3.63) is 24.3 Å². The number of rotatable bonds is 3. The molecule has 0 heterocycles. The predicted octanol–water partition coefficient (Wildman–Crippen LogP) is 1.60. The second-order valence-electron chi connectivity index (χ2n) is 4.00. The fourth-order valence-corrected chi connectivity index (χ4v) is 1.82. The highest BCUT2D eigenvalue weighted by molar-refractivity contribution is 5.66. The first kappa shape index (κ1) is 9.34. The molecule has 76 valence electrons. The molecule has 0 saturated heterocycles. The van der Waals surface area contributed by atoms with Crippen LogP contribution in [0.15, 0.2) is 24.3 Å². The van der Waals surface area contributed by atoms with E-state index >= 15 is 0 Å². The molecule has 0 radical (unpaired) electrons. The van der Waals surface area contributed by atoms with E-state index in [2.05, 4.69) is 5.32 Å². The van der Waals surface area contributed by atoms with E-state index in [4.69, 9.17) is 5.73 Å². The summed E-state index contributed by atoms with van der Waals surface area (Å²) in [6.07, 6.45) is 3.23. The molecule has 1 aromatic rings. The van der Waals surface area contributed by atoms with Crippen molar-refractivity contribution in [1.29, 1.82) is 0 Å². The Bertz CT molecular complexity index is 315. The van der Waals surface area contributed by atoms with Crippen LogP contribution >= 0.6 is 0 Å². The first-order chi connectivity index (χ1) is 6.76. The molecular formula is C11H16N2O. The van der Waals surface area contributed by atoms with E-state index in [0.29, 0.717) is 0 Å². The van der Waals surface area contributed by atoms with Crippen molar-refractivity contribution in [3.8, 4) is 0 Å². The first-order valence-electron chi connectivity index (χ1n) is 4.99. The van der Waals surface area contributed by atoms with Gasteiger partial charge in [-0.25, -0.2) is 0 Å². The summed E-state index contributed by atoms with van der Waals surface area (Å²) < 4.78 is 0. The first-order valence-corrected chi connectivity index (χ1v) is 4.99. The zero-order valence-electron chi connectivity index (χ0n) is 8.16. The van der Waals surface area contributed by atoms with Crippen molar-refractivity contribution < 1.29 is 5.11 Å². The summed E-state index contributed by atoms with van der Waals surface area (Å²) in [5.74, 6) is 0. The summed E-state index contributed by atoms with van der Waals surface area (Å²) in [6.45, 7) is 0.182. The number of hydrogen-bond donors (Lipinski definition) is 3. The maximum atomic E-state index is 9.29. The number of hydrogen-bond acceptors (Lipinski definition) is 3. The third kappa shape index (κ3) is 1.55. The van der Waals surface area contributed by atoms with Crippen molar-refractivity contribution >= 4 is 11.4 Å². The highest BCUT2D eigenvalue weighted by atomic mass is 16.3. The van der Waals surface area contributed by atoms with Crippen LogP contribution in [0.5, 0.6) is 0 Å². The van der Waals surface area contributed by atoms with E-state index in [1.807, 2.05) is 24.3 Å². The van der Waals surface area contributed by atoms with Crippen LogP contribution in [0.3, 0.4) is 0 Å². The number of nitrogens with one attached hydrogen (secondary N) is 1. The van der Waals surface area contributed by atoms with Gasteiger partial charge >= 0.3 is 0 Å². The Morgan fingerprint density at radius 2 is 2.07 bits per heavy atom. The Kier molecular flexibility index (Phi) is 2.33. The van der Waals surface area contributed by atoms with E-state index in [9.17, 15) is 5.11 Å². The van der Waals surface area contributed by atoms with Crippen molar-refractivity contribution in [2.24, 2.45) is 0 Å². The van der Waals surface area contributed by atoms with Gasteiger partial charge in [0.1, 0.15) is 0 Å². The van der Waals surface area contributed by atoms with Crippen LogP contribution in [0, 0.1) is 0 Å². The minimum absolute atomic E-state index is 0.116. The maximum absolute atomic E-state index is 9.29. The predicted molar refractivity (Wildman–Crippen MR) is 58.1 cm³/mol. The van der Waals surface area contributed by atoms with E-state index in [0.717, 1.165) is 24.2 Å². The second kappa shape index (κ2) is 3.50. The van der Waals surface area contributed by atoms with Crippen molar-refractivity contribution in [2.75, 3.05) is 17.7 Å². The van der Waals surface area contributed by atoms with Gasteiger partial charge in [0.05, 0.1) is 23.5 Å². The summed E-state index contributed by atoms with van der Waals surface area (Å²) in [6, 6.07) is 7.67. The molecule has 14 heavy (non-hydrogen) atoms. The average molecular weight is 192 g/mol. The van der Waals surface area contributed by atoms with Crippen LogP contribution in [0.4, 0.5) is 11.4 Å². The van der Waals surface area contributed by atoms with Gasteiger partial charge in [-0.3, -0.25) is 0 Å². The molecule has 0 spiro atoms. The van der Waals surface area contributed by atoms with Gasteiger partial charge in [0.2, 0.25) is 0 Å². The largest absolute Gasteiger partial charge is 0.397 e. The smallest absolute Gasteiger partial charge is 0.0661 e. The molecule has 3 heteroatoms. The molecule has 0 aliphatic heterocycles. The van der Waals surface area contributed by atoms with Crippen molar-refractivity contribution in [1.82, 2.24) is 0 Å². The van der Waals surface area contributed by atoms with Crippen LogP contribution in [0.1, 0.15) is 19.3 Å². The monoisotopic (exact) mass is 192 g/mol. The molecule has 1 aliphatic rings. The lowest BCUT2D eigenvalue weighted by Gasteiger charge is -2.42. The lowest BCUT2D eigenvalue weighted by atomic mass is 9.77. The Labute approximate surface area is 83.9 Å². The van der Waals surface area contributed by atoms with Gasteiger partial charge in [-0.05, 0) is 31.4 Å². The van der Waals surface area contributed by atoms with E-state index in [1.165, 1.54) is 6.42 Å². The SMILES string of the molecule is Nc1ccccc1NC1(CO)CCC1. The number of aliphatic hydroxyl groups is 1. The van der Waals surface area contributed by atoms with Crippen LogP contribution in [-0.2, 0) is 0 Å². The molecule has 3 nitrogen and oxygen atoms in total. The van der Waals surface area contributed by atoms with Gasteiger partial charge in [-0.1, -0.05) is 12.1 Å². The number of para-hydroxylation sites is 2. The molecule has 1 aromatic carbocycles. The zero-order chi connectivity index (χ0) is 10.0. The standard InChI is InChI=1S/C11H16N2O/c12-9-4-1-2-5-10(9)13-11(8-14)6-3-7-11/h1-2,4-5,13-14H,3,6-8,12H2. The van der Waals surface area contributed by atoms with Gasteiger partial charge in [-0.15, -0.1) is 0 Å². The molecule has 0 unspecified atom stereocenters. The van der Waals surface area contributed by atoms with Crippen molar-refractivity contribution in [3.63, 3.8) is 0 Å². The summed E-state index contributed by atoms with van der Waals surface area (Å²) in [7, 11) is 0. The number of nitrogens with two attached hydrogens (primary N) is 1. The summed E-state index contributed by atoms with van der Waals surface area (Å²) in [5.41, 5.74) is 7.38. The highest BCUT2D eigenvalue weighted by Crippen LogP contribution is 2.36. The maximum Gasteiger partial charge on any atom is 0.0661 e. The lowest BCUT2D eigenvalue weighted by molar-refractivity contribution is 0.144. The van der Waals surface area contributed by atoms with Crippen LogP contribution in [0.2, 0.25) is 0 Å². The van der Waals surface area contributed by atoms with E-state index in [-0.39, 0.29) is 12.1 Å². The topological polar surface area (TPSA) is 58.3 Å². The minimum atomic E-state index is -0.116. The van der Waals surface area contributed by atoms with Crippen LogP contribution in [0.25, 0.3) is 0 Å². The second-order valence-corrected chi connectivity index (χ2v) is 4.00. The third-order valence-corrected chi connectivity index (χ3v) is 2.97. The fourth-order valence-electron chi connectivity index (χ4n) is 1.82. The van der Waals surface area contributed by atoms with Gasteiger partial charge in [-0.2, -0.15) is 0 Å². The summed E-state index contributed by atoms with van der Waals surface area (Å²) in [4.78, 5) is 0. The molecular weight excluding hydrogens is 176 g/mol. The van der Waals surface area contributed by atoms with E-state index in [1.54, 1.807) is 0 Å². The fraction of sp³-hybridized carbons (Fsp3) is 0.455. The van der Waals surface area contributed by atoms with Crippen molar-refractivity contribution in [2.45, 2.75) is 24.8 Å². The molecule has 0 aromatic heterocycles. The molecule has 0 amide bonds. The number of anilines is 2. The Morgan fingerprint density at radius 3 is 2.57 bits per heavy atom. The van der Waals surface area contributed by atoms with Gasteiger partial charge < -0.3 is 16.2 Å². The van der Waals surface area contributed by atoms with E-state index < -0.39 is 0 Å². The molecule has 4 N–H and O–H groups in total. The molecule has 2 rings (SSSR count). The van der Waals surface area contributed by atoms with Gasteiger partial charge in [0, 0.05) is 0 Å². The van der Waals surface area contributed by atoms with Crippen LogP contribution < -0.4 is 11.1 Å². The summed E-state index contributed by atoms with van der Waals surface area (Å²) >= 11 is 0. The summed E-state index contributed by atoms with van der Waals surface area (Å²) in [5, 5.41) is 12.6. The highest BCUT2D eigenvalue weighted by Gasteiger charge is 2.36. The molecule has 1 saturated carbocycles. The molecule has 0 atom stereocenters. The molecule has 1 aliphatic carbocycles. The Morgan fingerprint density at radius 1 is 1.36 bits per heavy atom. The molecule has 1 fully saturated rings. The normalized spacial score (nSPS) is 18.6. The van der Waals surface area contributed by atoms with Crippen LogP contribution in [-0.4, -0.2) is 17.3 Å². The third-order valence-electron chi connectivity index (χ3n) is 2.97. The number of nitrogen functional groups attached to an aromatic ring is 1. The van der Waals surface area contributed by atoms with Gasteiger partial charge in [0.25, 0.3) is 0 Å². The zero-order valence-corrected chi connectivity index (χ0v) is 8.16. The Balaban J connectivity index is 2.13.